The quantitative estimate of drug-likeness (QED) is 0.0524. The molecule has 19 heteroatoms. The van der Waals surface area contributed by atoms with E-state index in [4.69, 9.17) is 17.3 Å². The Hall–Kier alpha value is -5.40. The lowest BCUT2D eigenvalue weighted by atomic mass is 9.87. The van der Waals surface area contributed by atoms with Crippen molar-refractivity contribution in [2.75, 3.05) is 64.3 Å². The van der Waals surface area contributed by atoms with Crippen LogP contribution < -0.4 is 16.0 Å². The molecule has 2 aromatic carbocycles. The number of unbranched alkanes of at least 4 members (excludes halogenated alkanes) is 4. The first kappa shape index (κ1) is 48.1. The molecule has 3 amide bonds. The Morgan fingerprint density at radius 1 is 0.970 bits per heavy atom. The molecule has 0 radical (unpaired) electrons. The number of nitrogens with one attached hydrogen (secondary N) is 2. The lowest BCUT2D eigenvalue weighted by Crippen LogP contribution is -2.60. The second kappa shape index (κ2) is 22.6. The van der Waals surface area contributed by atoms with Gasteiger partial charge in [-0.3, -0.25) is 19.3 Å². The van der Waals surface area contributed by atoms with Gasteiger partial charge in [-0.15, -0.1) is 10.2 Å². The lowest BCUT2D eigenvalue weighted by Gasteiger charge is -2.39. The Labute approximate surface area is 405 Å². The molecular formula is C48H60ClN13O3S2. The Morgan fingerprint density at radius 2 is 1.75 bits per heavy atom. The monoisotopic (exact) mass is 965 g/mol. The number of amides is 3. The number of hydrogen-bond acceptors (Lipinski definition) is 13. The maximum absolute atomic E-state index is 13.9. The molecule has 2 aliphatic heterocycles. The molecule has 4 aromatic heterocycles. The van der Waals surface area contributed by atoms with E-state index in [-0.39, 0.29) is 23.8 Å². The van der Waals surface area contributed by atoms with Gasteiger partial charge in [0.2, 0.25) is 16.8 Å². The number of carbonyl (C=O) groups excluding carboxylic acids is 3. The van der Waals surface area contributed by atoms with E-state index in [2.05, 4.69) is 70.4 Å². The van der Waals surface area contributed by atoms with E-state index in [0.717, 1.165) is 89.9 Å². The van der Waals surface area contributed by atoms with E-state index >= 15 is 0 Å². The SMILES string of the molecule is Cc1cc(-n2ccnc2)ccc1CSc1nnc(C(=O)N(C)CCCCCCCC(=O)N2CCN(CC[C@H](NC(=O)C3(N)CCN(c4ncnc5[nH]ccc45)CC3)c3ccc(Cl)cc3)CC2)s1. The van der Waals surface area contributed by atoms with Crippen molar-refractivity contribution in [3.8, 4) is 5.69 Å². The zero-order chi connectivity index (χ0) is 46.8. The molecule has 8 rings (SSSR count). The van der Waals surface area contributed by atoms with Gasteiger partial charge in [0.1, 0.15) is 17.8 Å². The van der Waals surface area contributed by atoms with Gasteiger partial charge >= 0.3 is 0 Å². The first-order chi connectivity index (χ1) is 32.5. The minimum Gasteiger partial charge on any atom is -0.356 e. The summed E-state index contributed by atoms with van der Waals surface area (Å²) in [5.74, 6) is 1.56. The number of piperazine rings is 1. The Morgan fingerprint density at radius 3 is 2.51 bits per heavy atom. The third-order valence-corrected chi connectivity index (χ3v) is 15.4. The van der Waals surface area contributed by atoms with Gasteiger partial charge in [-0.1, -0.05) is 72.2 Å². The molecule has 0 spiro atoms. The number of rotatable bonds is 20. The summed E-state index contributed by atoms with van der Waals surface area (Å²) in [6, 6.07) is 15.7. The van der Waals surface area contributed by atoms with E-state index in [9.17, 15) is 14.4 Å². The molecule has 2 saturated heterocycles. The number of nitrogens with zero attached hydrogens (tertiary/aromatic N) is 10. The van der Waals surface area contributed by atoms with Crippen molar-refractivity contribution in [1.29, 1.82) is 0 Å². The normalized spacial score (nSPS) is 15.8. The predicted octanol–water partition coefficient (Wildman–Crippen LogP) is 7.05. The molecule has 67 heavy (non-hydrogen) atoms. The number of anilines is 1. The van der Waals surface area contributed by atoms with Crippen molar-refractivity contribution < 1.29 is 14.4 Å². The number of aromatic nitrogens is 7. The first-order valence-electron chi connectivity index (χ1n) is 23.2. The molecule has 4 N–H and O–H groups in total. The minimum absolute atomic E-state index is 0.102. The Balaban J connectivity index is 0.701. The van der Waals surface area contributed by atoms with Crippen molar-refractivity contribution in [2.45, 2.75) is 86.4 Å². The highest BCUT2D eigenvalue weighted by Crippen LogP contribution is 2.31. The van der Waals surface area contributed by atoms with Crippen molar-refractivity contribution in [3.05, 3.63) is 106 Å². The number of fused-ring (bicyclic) bond motifs is 1. The van der Waals surface area contributed by atoms with Gasteiger partial charge in [-0.2, -0.15) is 0 Å². The van der Waals surface area contributed by atoms with Crippen molar-refractivity contribution in [3.63, 3.8) is 0 Å². The summed E-state index contributed by atoms with van der Waals surface area (Å²) in [6.07, 6.45) is 15.9. The summed E-state index contributed by atoms with van der Waals surface area (Å²) >= 11 is 9.18. The fourth-order valence-electron chi connectivity index (χ4n) is 8.79. The van der Waals surface area contributed by atoms with E-state index in [0.29, 0.717) is 68.4 Å². The summed E-state index contributed by atoms with van der Waals surface area (Å²) in [5.41, 5.74) is 11.1. The number of hydrogen-bond donors (Lipinski definition) is 3. The highest BCUT2D eigenvalue weighted by molar-refractivity contribution is 8.00. The van der Waals surface area contributed by atoms with Crippen molar-refractivity contribution in [2.24, 2.45) is 5.73 Å². The number of thioether (sulfide) groups is 1. The van der Waals surface area contributed by atoms with Crippen LogP contribution in [0.15, 0.2) is 84.1 Å². The molecule has 6 heterocycles. The molecule has 6 aromatic rings. The number of nitrogens with two attached hydrogens (primary N) is 1. The number of imidazole rings is 1. The van der Waals surface area contributed by atoms with Gasteiger partial charge in [-0.05, 0) is 86.1 Å². The largest absolute Gasteiger partial charge is 0.356 e. The number of piperidine rings is 1. The zero-order valence-electron chi connectivity index (χ0n) is 38.3. The molecule has 0 unspecified atom stereocenters. The second-order valence-corrected chi connectivity index (χ2v) is 20.3. The summed E-state index contributed by atoms with van der Waals surface area (Å²) in [5, 5.41) is 13.8. The number of benzene rings is 2. The van der Waals surface area contributed by atoms with Crippen LogP contribution in [0.25, 0.3) is 16.7 Å². The number of carbonyl (C=O) groups is 3. The van der Waals surface area contributed by atoms with Crippen LogP contribution in [0.3, 0.4) is 0 Å². The third-order valence-electron chi connectivity index (χ3n) is 13.1. The van der Waals surface area contributed by atoms with E-state index < -0.39 is 5.54 Å². The standard InChI is InChI=1S/C48H60ClN13O3S2/c1-34-30-38(62-25-20-51-33-62)14-11-36(34)31-66-47-57-56-44(67-47)45(64)58(2)21-7-5-3-4-6-8-41(63)60-28-26-59(27-29-60)22-16-40(35-9-12-37(49)13-10-35)55-46(65)48(50)17-23-61(24-18-48)43-39-15-19-52-42(39)53-32-54-43/h9-15,19-20,25,30,32-33,40H,3-8,16-18,21-24,26-29,31,50H2,1-2H3,(H,55,65)(H,52,53,54)/t40-/m0/s1. The molecule has 0 saturated carbocycles. The van der Waals surface area contributed by atoms with Crippen molar-refractivity contribution in [1.82, 2.24) is 54.7 Å². The smallest absolute Gasteiger partial charge is 0.284 e. The molecule has 16 nitrogen and oxygen atoms in total. The summed E-state index contributed by atoms with van der Waals surface area (Å²) < 4.78 is 2.76. The van der Waals surface area contributed by atoms with E-state index in [1.54, 1.807) is 35.5 Å². The van der Waals surface area contributed by atoms with E-state index in [1.165, 1.54) is 22.5 Å². The predicted molar refractivity (Wildman–Crippen MR) is 265 cm³/mol. The van der Waals surface area contributed by atoms with Gasteiger partial charge in [-0.25, -0.2) is 15.0 Å². The number of aryl methyl sites for hydroxylation is 1. The van der Waals surface area contributed by atoms with Crippen LogP contribution in [0.4, 0.5) is 5.82 Å². The topological polar surface area (TPSA) is 187 Å². The number of aromatic amines is 1. The Bertz CT molecular complexity index is 2570. The highest BCUT2D eigenvalue weighted by Gasteiger charge is 2.39. The van der Waals surface area contributed by atoms with Crippen LogP contribution in [-0.4, -0.2) is 132 Å². The summed E-state index contributed by atoms with van der Waals surface area (Å²) in [6.45, 7) is 7.69. The van der Waals surface area contributed by atoms with E-state index in [1.807, 2.05) is 59.2 Å². The molecule has 0 aliphatic carbocycles. The van der Waals surface area contributed by atoms with Gasteiger partial charge in [0.15, 0.2) is 4.34 Å². The highest BCUT2D eigenvalue weighted by atomic mass is 35.5. The average Bonchev–Trinajstić information content (AvgIpc) is 4.16. The van der Waals surface area contributed by atoms with Crippen LogP contribution in [-0.2, 0) is 15.3 Å². The van der Waals surface area contributed by atoms with Crippen LogP contribution in [0.1, 0.15) is 90.3 Å². The van der Waals surface area contributed by atoms with Crippen LogP contribution >= 0.6 is 34.7 Å². The minimum atomic E-state index is -1.00. The number of halogens is 1. The van der Waals surface area contributed by atoms with Crippen LogP contribution in [0.5, 0.6) is 0 Å². The molecular weight excluding hydrogens is 906 g/mol. The average molecular weight is 967 g/mol. The van der Waals surface area contributed by atoms with Crippen LogP contribution in [0, 0.1) is 6.92 Å². The summed E-state index contributed by atoms with van der Waals surface area (Å²) in [7, 11) is 1.82. The molecule has 354 valence electrons. The number of H-pyrrole nitrogens is 1. The molecule has 2 aliphatic rings. The molecule has 1 atom stereocenters. The second-order valence-electron chi connectivity index (χ2n) is 17.7. The van der Waals surface area contributed by atoms with Crippen LogP contribution in [0.2, 0.25) is 5.02 Å². The van der Waals surface area contributed by atoms with Gasteiger partial charge < -0.3 is 35.3 Å². The lowest BCUT2D eigenvalue weighted by molar-refractivity contribution is -0.133. The van der Waals surface area contributed by atoms with Gasteiger partial charge in [0, 0.05) is 101 Å². The zero-order valence-corrected chi connectivity index (χ0v) is 40.7. The maximum Gasteiger partial charge on any atom is 0.284 e. The molecule has 0 bridgehead atoms. The molecule has 2 fully saturated rings. The maximum atomic E-state index is 13.9. The Kier molecular flexibility index (Phi) is 16.2. The van der Waals surface area contributed by atoms with Gasteiger partial charge in [0.05, 0.1) is 23.3 Å². The van der Waals surface area contributed by atoms with Gasteiger partial charge in [0.25, 0.3) is 5.91 Å². The summed E-state index contributed by atoms with van der Waals surface area (Å²) in [4.78, 5) is 64.5. The van der Waals surface area contributed by atoms with Crippen molar-refractivity contribution >= 4 is 69.3 Å². The fourth-order valence-corrected chi connectivity index (χ4v) is 10.8. The third kappa shape index (κ3) is 12.4. The first-order valence-corrected chi connectivity index (χ1v) is 25.4. The fraction of sp³-hybridized carbons (Fsp3) is 0.458.